The number of ketones is 1. The zero-order valence-corrected chi connectivity index (χ0v) is 20.7. The van der Waals surface area contributed by atoms with Gasteiger partial charge in [-0.1, -0.05) is 30.4 Å². The molecule has 1 heterocycles. The lowest BCUT2D eigenvalue weighted by Gasteiger charge is -2.26. The average molecular weight is 483 g/mol. The SMILES string of the molecule is CCOC(=O)C(CC=C=CC[C@H]1C(=O)CC[C@@H]1/C=C/CCOc1ccccc1)OC1CCCCO1. The number of esters is 1. The van der Waals surface area contributed by atoms with Crippen LogP contribution in [0.4, 0.5) is 0 Å². The Morgan fingerprint density at radius 3 is 2.83 bits per heavy atom. The molecule has 0 radical (unpaired) electrons. The van der Waals surface area contributed by atoms with Gasteiger partial charge in [0.25, 0.3) is 0 Å². The Hall–Kier alpha value is -2.66. The van der Waals surface area contributed by atoms with Crippen LogP contribution in [-0.2, 0) is 23.8 Å². The van der Waals surface area contributed by atoms with Gasteiger partial charge in [-0.3, -0.25) is 4.79 Å². The van der Waals surface area contributed by atoms with Crippen molar-refractivity contribution in [3.05, 3.63) is 60.4 Å². The van der Waals surface area contributed by atoms with E-state index in [9.17, 15) is 9.59 Å². The number of hydrogen-bond donors (Lipinski definition) is 0. The molecule has 35 heavy (non-hydrogen) atoms. The van der Waals surface area contributed by atoms with Gasteiger partial charge in [-0.25, -0.2) is 4.79 Å². The molecule has 6 heteroatoms. The Labute approximate surface area is 209 Å². The Balaban J connectivity index is 1.45. The molecule has 1 aliphatic heterocycles. The summed E-state index contributed by atoms with van der Waals surface area (Å²) in [6, 6.07) is 9.76. The van der Waals surface area contributed by atoms with Gasteiger partial charge in [0.2, 0.25) is 0 Å². The molecule has 1 saturated carbocycles. The van der Waals surface area contributed by atoms with E-state index in [1.165, 1.54) is 0 Å². The van der Waals surface area contributed by atoms with Crippen LogP contribution in [0.5, 0.6) is 5.75 Å². The first-order valence-corrected chi connectivity index (χ1v) is 12.9. The summed E-state index contributed by atoms with van der Waals surface area (Å²) in [4.78, 5) is 24.7. The Morgan fingerprint density at radius 2 is 2.06 bits per heavy atom. The predicted molar refractivity (Wildman–Crippen MR) is 134 cm³/mol. The average Bonchev–Trinajstić information content (AvgIpc) is 3.23. The van der Waals surface area contributed by atoms with E-state index >= 15 is 0 Å². The zero-order valence-electron chi connectivity index (χ0n) is 20.7. The highest BCUT2D eigenvalue weighted by atomic mass is 16.7. The second-order valence-electron chi connectivity index (χ2n) is 8.87. The molecule has 0 amide bonds. The maximum atomic E-state index is 12.4. The predicted octanol–water partition coefficient (Wildman–Crippen LogP) is 5.57. The van der Waals surface area contributed by atoms with Gasteiger partial charge in [0.15, 0.2) is 12.4 Å². The first-order chi connectivity index (χ1) is 17.2. The number of hydrogen-bond acceptors (Lipinski definition) is 6. The highest BCUT2D eigenvalue weighted by Gasteiger charge is 2.31. The number of benzene rings is 1. The second-order valence-corrected chi connectivity index (χ2v) is 8.87. The van der Waals surface area contributed by atoms with Gasteiger partial charge in [0.05, 0.1) is 13.2 Å². The Kier molecular flexibility index (Phi) is 11.8. The summed E-state index contributed by atoms with van der Waals surface area (Å²) in [6.07, 6.45) is 13.0. The Morgan fingerprint density at radius 1 is 1.20 bits per heavy atom. The minimum atomic E-state index is -0.708. The first-order valence-electron chi connectivity index (χ1n) is 12.9. The van der Waals surface area contributed by atoms with Crippen molar-refractivity contribution >= 4 is 11.8 Å². The molecular formula is C29H38O6. The third-order valence-corrected chi connectivity index (χ3v) is 6.28. The van der Waals surface area contributed by atoms with E-state index in [-0.39, 0.29) is 24.1 Å². The third-order valence-electron chi connectivity index (χ3n) is 6.28. The molecule has 0 bridgehead atoms. The molecule has 6 nitrogen and oxygen atoms in total. The van der Waals surface area contributed by atoms with E-state index in [2.05, 4.69) is 17.9 Å². The van der Waals surface area contributed by atoms with Gasteiger partial charge in [-0.2, -0.15) is 0 Å². The van der Waals surface area contributed by atoms with Gasteiger partial charge in [-0.05, 0) is 75.7 Å². The molecule has 1 aromatic carbocycles. The molecule has 4 atom stereocenters. The summed E-state index contributed by atoms with van der Waals surface area (Å²) in [5.41, 5.74) is 3.14. The fourth-order valence-corrected chi connectivity index (χ4v) is 4.40. The first kappa shape index (κ1) is 26.9. The molecule has 3 rings (SSSR count). The number of carbonyl (C=O) groups is 2. The lowest BCUT2D eigenvalue weighted by molar-refractivity contribution is -0.202. The van der Waals surface area contributed by atoms with Gasteiger partial charge in [0, 0.05) is 25.4 Å². The fourth-order valence-electron chi connectivity index (χ4n) is 4.40. The van der Waals surface area contributed by atoms with Crippen molar-refractivity contribution in [2.45, 2.75) is 70.7 Å². The summed E-state index contributed by atoms with van der Waals surface area (Å²) >= 11 is 0. The zero-order chi connectivity index (χ0) is 24.7. The number of Topliss-reactive ketones (excluding diaryl/α,β-unsaturated/α-hetero) is 1. The minimum absolute atomic E-state index is 0.0186. The summed E-state index contributed by atoms with van der Waals surface area (Å²) in [7, 11) is 0. The van der Waals surface area contributed by atoms with E-state index in [1.807, 2.05) is 36.4 Å². The van der Waals surface area contributed by atoms with Crippen molar-refractivity contribution in [1.29, 1.82) is 0 Å². The van der Waals surface area contributed by atoms with Crippen LogP contribution in [0.25, 0.3) is 0 Å². The molecule has 1 saturated heterocycles. The number of allylic oxidation sites excluding steroid dienone is 1. The van der Waals surface area contributed by atoms with Crippen LogP contribution >= 0.6 is 0 Å². The van der Waals surface area contributed by atoms with E-state index in [0.717, 1.165) is 37.9 Å². The number of para-hydroxylation sites is 1. The molecule has 0 spiro atoms. The maximum absolute atomic E-state index is 12.4. The van der Waals surface area contributed by atoms with Crippen LogP contribution in [0.15, 0.2) is 60.4 Å². The molecule has 2 aliphatic rings. The molecular weight excluding hydrogens is 444 g/mol. The van der Waals surface area contributed by atoms with Crippen molar-refractivity contribution in [2.75, 3.05) is 19.8 Å². The lowest BCUT2D eigenvalue weighted by Crippen LogP contribution is -2.33. The number of carbonyl (C=O) groups excluding carboxylic acids is 2. The molecule has 2 fully saturated rings. The maximum Gasteiger partial charge on any atom is 0.335 e. The van der Waals surface area contributed by atoms with Crippen LogP contribution in [0.2, 0.25) is 0 Å². The second kappa shape index (κ2) is 15.4. The molecule has 0 N–H and O–H groups in total. The quantitative estimate of drug-likeness (QED) is 0.158. The Bertz CT molecular complexity index is 864. The summed E-state index contributed by atoms with van der Waals surface area (Å²) < 4.78 is 22.3. The summed E-state index contributed by atoms with van der Waals surface area (Å²) in [5, 5.41) is 0. The molecule has 190 valence electrons. The van der Waals surface area contributed by atoms with Crippen molar-refractivity contribution in [2.24, 2.45) is 11.8 Å². The molecule has 0 aromatic heterocycles. The lowest BCUT2D eigenvalue weighted by atomic mass is 9.91. The van der Waals surface area contributed by atoms with Crippen molar-refractivity contribution in [1.82, 2.24) is 0 Å². The van der Waals surface area contributed by atoms with E-state index < -0.39 is 6.10 Å². The highest BCUT2D eigenvalue weighted by Crippen LogP contribution is 2.32. The van der Waals surface area contributed by atoms with Crippen LogP contribution in [0, 0.1) is 11.8 Å². The van der Waals surface area contributed by atoms with Gasteiger partial charge >= 0.3 is 5.97 Å². The highest BCUT2D eigenvalue weighted by molar-refractivity contribution is 5.83. The number of rotatable bonds is 13. The topological polar surface area (TPSA) is 71.1 Å². The van der Waals surface area contributed by atoms with Crippen molar-refractivity contribution in [3.63, 3.8) is 0 Å². The molecule has 1 aromatic rings. The van der Waals surface area contributed by atoms with Crippen LogP contribution in [0.1, 0.15) is 58.3 Å². The molecule has 2 unspecified atom stereocenters. The third kappa shape index (κ3) is 9.48. The van der Waals surface area contributed by atoms with Crippen LogP contribution in [-0.4, -0.2) is 44.0 Å². The minimum Gasteiger partial charge on any atom is -0.493 e. The standard InChI is InChI=1S/C29H38O6/c1-2-32-29(31)27(35-28-18-10-12-22-34-28)17-8-4-7-16-25-23(19-20-26(25)30)13-9-11-21-33-24-14-5-3-6-15-24/h3,5-9,13-15,23,25,27-28H,2,10-12,16-22H2,1H3/b13-9+/t4?,23-,25+,27?,28?/m0/s1. The van der Waals surface area contributed by atoms with Crippen LogP contribution < -0.4 is 4.74 Å². The largest absolute Gasteiger partial charge is 0.493 e. The summed E-state index contributed by atoms with van der Waals surface area (Å²) in [5.74, 6) is 1.02. The van der Waals surface area contributed by atoms with Crippen LogP contribution in [0.3, 0.4) is 0 Å². The van der Waals surface area contributed by atoms with Crippen molar-refractivity contribution in [3.8, 4) is 5.75 Å². The smallest absolute Gasteiger partial charge is 0.335 e. The van der Waals surface area contributed by atoms with Gasteiger partial charge in [-0.15, -0.1) is 5.73 Å². The van der Waals surface area contributed by atoms with E-state index in [1.54, 1.807) is 13.0 Å². The van der Waals surface area contributed by atoms with E-state index in [4.69, 9.17) is 18.9 Å². The van der Waals surface area contributed by atoms with Gasteiger partial charge < -0.3 is 18.9 Å². The monoisotopic (exact) mass is 482 g/mol. The van der Waals surface area contributed by atoms with Crippen molar-refractivity contribution < 1.29 is 28.5 Å². The number of ether oxygens (including phenoxy) is 4. The summed E-state index contributed by atoms with van der Waals surface area (Å²) in [6.45, 7) is 3.35. The molecule has 1 aliphatic carbocycles. The van der Waals surface area contributed by atoms with Gasteiger partial charge in [0.1, 0.15) is 11.5 Å². The van der Waals surface area contributed by atoms with E-state index in [0.29, 0.717) is 44.9 Å². The fraction of sp³-hybridized carbons (Fsp3) is 0.552. The normalized spacial score (nSPS) is 23.0.